The SMILES string of the molecule is O=C(O)CCCNC(=O)C#CI. The Kier molecular flexibility index (Phi) is 6.47. The summed E-state index contributed by atoms with van der Waals surface area (Å²) in [6.07, 6.45) is 0.502. The maximum atomic E-state index is 10.7. The Morgan fingerprint density at radius 2 is 2.17 bits per heavy atom. The summed E-state index contributed by atoms with van der Waals surface area (Å²) < 4.78 is 2.41. The summed E-state index contributed by atoms with van der Waals surface area (Å²) in [5, 5.41) is 10.7. The molecule has 0 spiro atoms. The molecule has 0 saturated carbocycles. The van der Waals surface area contributed by atoms with Crippen LogP contribution in [0.3, 0.4) is 0 Å². The third-order valence-corrected chi connectivity index (χ3v) is 1.28. The van der Waals surface area contributed by atoms with Crippen molar-refractivity contribution in [2.45, 2.75) is 12.8 Å². The zero-order chi connectivity index (χ0) is 9.40. The minimum Gasteiger partial charge on any atom is -0.481 e. The van der Waals surface area contributed by atoms with E-state index in [-0.39, 0.29) is 12.3 Å². The first-order valence-corrected chi connectivity index (χ1v) is 4.36. The zero-order valence-electron chi connectivity index (χ0n) is 6.26. The average molecular weight is 281 g/mol. The van der Waals surface area contributed by atoms with E-state index in [4.69, 9.17) is 5.11 Å². The van der Waals surface area contributed by atoms with Crippen LogP contribution in [0.15, 0.2) is 0 Å². The van der Waals surface area contributed by atoms with Gasteiger partial charge in [-0.1, -0.05) is 0 Å². The molecule has 0 aromatic carbocycles. The van der Waals surface area contributed by atoms with Crippen molar-refractivity contribution >= 4 is 34.5 Å². The Hall–Kier alpha value is -0.770. The van der Waals surface area contributed by atoms with Gasteiger partial charge >= 0.3 is 5.97 Å². The van der Waals surface area contributed by atoms with Crippen LogP contribution in [0.2, 0.25) is 0 Å². The van der Waals surface area contributed by atoms with Crippen LogP contribution in [0.5, 0.6) is 0 Å². The highest BCUT2D eigenvalue weighted by Crippen LogP contribution is 1.85. The highest BCUT2D eigenvalue weighted by Gasteiger charge is 1.97. The van der Waals surface area contributed by atoms with Crippen molar-refractivity contribution in [3.63, 3.8) is 0 Å². The van der Waals surface area contributed by atoms with Gasteiger partial charge in [0.1, 0.15) is 0 Å². The molecular formula is C7H8INO3. The van der Waals surface area contributed by atoms with Gasteiger partial charge < -0.3 is 10.4 Å². The summed E-state index contributed by atoms with van der Waals surface area (Å²) in [6.45, 7) is 0.358. The van der Waals surface area contributed by atoms with Gasteiger partial charge in [-0.25, -0.2) is 0 Å². The van der Waals surface area contributed by atoms with Crippen molar-refractivity contribution in [3.05, 3.63) is 0 Å². The van der Waals surface area contributed by atoms with Crippen molar-refractivity contribution in [1.82, 2.24) is 5.32 Å². The molecule has 0 bridgehead atoms. The molecule has 0 aliphatic rings. The first-order valence-electron chi connectivity index (χ1n) is 3.28. The summed E-state index contributed by atoms with van der Waals surface area (Å²) in [6, 6.07) is 0. The Bertz CT molecular complexity index is 229. The van der Waals surface area contributed by atoms with Crippen LogP contribution in [0, 0.1) is 9.85 Å². The number of carboxylic acid groups (broad SMARTS) is 1. The van der Waals surface area contributed by atoms with Crippen LogP contribution in [0.25, 0.3) is 0 Å². The second-order valence-electron chi connectivity index (χ2n) is 1.97. The fourth-order valence-electron chi connectivity index (χ4n) is 0.529. The molecule has 0 saturated heterocycles. The monoisotopic (exact) mass is 281 g/mol. The lowest BCUT2D eigenvalue weighted by Gasteiger charge is -1.97. The molecule has 0 aliphatic carbocycles. The number of halogens is 1. The van der Waals surface area contributed by atoms with Gasteiger partial charge in [-0.05, 0) is 10.3 Å². The van der Waals surface area contributed by atoms with Crippen LogP contribution in [0.1, 0.15) is 12.8 Å². The second-order valence-corrected chi connectivity index (χ2v) is 2.51. The molecule has 0 unspecified atom stereocenters. The molecule has 12 heavy (non-hydrogen) atoms. The van der Waals surface area contributed by atoms with Crippen molar-refractivity contribution in [2.24, 2.45) is 0 Å². The van der Waals surface area contributed by atoms with E-state index in [0.29, 0.717) is 13.0 Å². The lowest BCUT2D eigenvalue weighted by molar-refractivity contribution is -0.137. The number of carbonyl (C=O) groups excluding carboxylic acids is 1. The van der Waals surface area contributed by atoms with Gasteiger partial charge in [-0.15, -0.1) is 0 Å². The number of amides is 1. The molecular weight excluding hydrogens is 273 g/mol. The predicted molar refractivity (Wildman–Crippen MR) is 51.7 cm³/mol. The molecule has 5 heteroatoms. The molecule has 0 aromatic rings. The molecule has 0 heterocycles. The summed E-state index contributed by atoms with van der Waals surface area (Å²) in [5.74, 6) is 1.05. The number of carbonyl (C=O) groups is 2. The lowest BCUT2D eigenvalue weighted by Crippen LogP contribution is -2.22. The molecule has 66 valence electrons. The van der Waals surface area contributed by atoms with E-state index in [2.05, 4.69) is 15.2 Å². The van der Waals surface area contributed by atoms with Gasteiger partial charge in [0.15, 0.2) is 0 Å². The molecule has 4 nitrogen and oxygen atoms in total. The number of carboxylic acids is 1. The maximum absolute atomic E-state index is 10.7. The van der Waals surface area contributed by atoms with Crippen molar-refractivity contribution < 1.29 is 14.7 Å². The normalized spacial score (nSPS) is 8.08. The Morgan fingerprint density at radius 1 is 1.50 bits per heavy atom. The average Bonchev–Trinajstić information content (AvgIpc) is 1.98. The lowest BCUT2D eigenvalue weighted by atomic mass is 10.3. The number of hydrogen-bond acceptors (Lipinski definition) is 2. The Morgan fingerprint density at radius 3 is 2.67 bits per heavy atom. The summed E-state index contributed by atoms with van der Waals surface area (Å²) in [5.41, 5.74) is 0. The third-order valence-electron chi connectivity index (χ3n) is 1.01. The quantitative estimate of drug-likeness (QED) is 0.444. The predicted octanol–water partition coefficient (Wildman–Crippen LogP) is 0.363. The molecule has 1 amide bonds. The molecule has 2 N–H and O–H groups in total. The molecule has 0 aliphatic heterocycles. The van der Waals surface area contributed by atoms with E-state index < -0.39 is 5.97 Å². The molecule has 0 rings (SSSR count). The van der Waals surface area contributed by atoms with E-state index >= 15 is 0 Å². The minimum atomic E-state index is -0.857. The van der Waals surface area contributed by atoms with Gasteiger partial charge in [-0.2, -0.15) is 0 Å². The summed E-state index contributed by atoms with van der Waals surface area (Å²) in [4.78, 5) is 20.7. The van der Waals surface area contributed by atoms with E-state index in [0.717, 1.165) is 0 Å². The first kappa shape index (κ1) is 11.2. The van der Waals surface area contributed by atoms with E-state index in [1.165, 1.54) is 0 Å². The van der Waals surface area contributed by atoms with Crippen LogP contribution >= 0.6 is 22.6 Å². The highest BCUT2D eigenvalue weighted by atomic mass is 127. The number of nitrogens with one attached hydrogen (secondary N) is 1. The number of aliphatic carboxylic acids is 1. The van der Waals surface area contributed by atoms with Crippen molar-refractivity contribution in [1.29, 1.82) is 0 Å². The highest BCUT2D eigenvalue weighted by molar-refractivity contribution is 14.1. The third kappa shape index (κ3) is 7.34. The first-order chi connectivity index (χ1) is 5.66. The largest absolute Gasteiger partial charge is 0.481 e. The smallest absolute Gasteiger partial charge is 0.303 e. The van der Waals surface area contributed by atoms with E-state index in [1.54, 1.807) is 22.6 Å². The standard InChI is InChI=1S/C7H8INO3/c8-4-3-6(10)9-5-1-2-7(11)12/h1-2,5H2,(H,9,10)(H,11,12). The number of rotatable bonds is 4. The fraction of sp³-hybridized carbons (Fsp3) is 0.429. The summed E-state index contributed by atoms with van der Waals surface area (Å²) >= 11 is 1.76. The second kappa shape index (κ2) is 6.91. The zero-order valence-corrected chi connectivity index (χ0v) is 8.42. The van der Waals surface area contributed by atoms with Crippen LogP contribution in [-0.4, -0.2) is 23.5 Å². The van der Waals surface area contributed by atoms with Gasteiger partial charge in [0, 0.05) is 41.5 Å². The van der Waals surface area contributed by atoms with Crippen LogP contribution in [-0.2, 0) is 9.59 Å². The van der Waals surface area contributed by atoms with Crippen molar-refractivity contribution in [3.8, 4) is 9.85 Å². The number of hydrogen-bond donors (Lipinski definition) is 2. The Balaban J connectivity index is 3.36. The van der Waals surface area contributed by atoms with Gasteiger partial charge in [0.2, 0.25) is 0 Å². The van der Waals surface area contributed by atoms with Crippen LogP contribution in [0.4, 0.5) is 0 Å². The maximum Gasteiger partial charge on any atom is 0.303 e. The van der Waals surface area contributed by atoms with Gasteiger partial charge in [-0.3, -0.25) is 9.59 Å². The van der Waals surface area contributed by atoms with E-state index in [9.17, 15) is 9.59 Å². The van der Waals surface area contributed by atoms with Crippen LogP contribution < -0.4 is 5.32 Å². The van der Waals surface area contributed by atoms with Crippen molar-refractivity contribution in [2.75, 3.05) is 6.54 Å². The van der Waals surface area contributed by atoms with E-state index in [1.807, 2.05) is 0 Å². The van der Waals surface area contributed by atoms with Gasteiger partial charge in [0.05, 0.1) is 0 Å². The molecule has 0 atom stereocenters. The minimum absolute atomic E-state index is 0.0674. The molecule has 0 aromatic heterocycles. The fourth-order valence-corrected chi connectivity index (χ4v) is 0.774. The molecule has 0 fully saturated rings. The van der Waals surface area contributed by atoms with Gasteiger partial charge in [0.25, 0.3) is 5.91 Å². The molecule has 0 radical (unpaired) electrons. The topological polar surface area (TPSA) is 66.4 Å². The Labute approximate surface area is 83.9 Å². The summed E-state index contributed by atoms with van der Waals surface area (Å²) in [7, 11) is 0.